The van der Waals surface area contributed by atoms with Crippen LogP contribution in [0.1, 0.15) is 12.5 Å². The number of amidine groups is 2. The van der Waals surface area contributed by atoms with Crippen molar-refractivity contribution in [3.05, 3.63) is 45.6 Å². The Balaban J connectivity index is 2.09. The molecule has 8 heteroatoms. The summed E-state index contributed by atoms with van der Waals surface area (Å²) in [4.78, 5) is 8.94. The normalized spacial score (nSPS) is 23.4. The molecule has 2 aliphatic heterocycles. The number of benzene rings is 1. The van der Waals surface area contributed by atoms with Crippen LogP contribution >= 0.6 is 35.0 Å². The van der Waals surface area contributed by atoms with Crippen molar-refractivity contribution in [3.63, 3.8) is 0 Å². The standard InChI is InChI=1S/C14H11Cl2N5S/c1-14(9-3-10(15)5-11(16)4-9)19-12-8(6-17)7-18-13(22-2)21(12)20-14/h3-5,7,20H,1-2H3/t14-/m0/s1. The second-order valence-corrected chi connectivity index (χ2v) is 6.53. The van der Waals surface area contributed by atoms with Crippen molar-refractivity contribution < 1.29 is 0 Å². The monoisotopic (exact) mass is 351 g/mol. The number of thioether (sulfide) groups is 1. The van der Waals surface area contributed by atoms with Crippen molar-refractivity contribution in [1.82, 2.24) is 10.4 Å². The molecule has 3 rings (SSSR count). The lowest BCUT2D eigenvalue weighted by molar-refractivity contribution is 0.311. The first-order chi connectivity index (χ1) is 10.5. The summed E-state index contributed by atoms with van der Waals surface area (Å²) in [5.41, 5.74) is 3.71. The lowest BCUT2D eigenvalue weighted by Gasteiger charge is -2.28. The first-order valence-corrected chi connectivity index (χ1v) is 8.32. The van der Waals surface area contributed by atoms with Crippen LogP contribution in [-0.2, 0) is 5.66 Å². The third-order valence-corrected chi connectivity index (χ3v) is 4.42. The second-order valence-electron chi connectivity index (χ2n) is 4.88. The maximum atomic E-state index is 9.25. The molecule has 1 aromatic rings. The van der Waals surface area contributed by atoms with Gasteiger partial charge in [-0.3, -0.25) is 0 Å². The van der Waals surface area contributed by atoms with Crippen LogP contribution in [0.5, 0.6) is 0 Å². The first kappa shape index (κ1) is 15.4. The first-order valence-electron chi connectivity index (χ1n) is 6.33. The molecule has 0 aliphatic carbocycles. The Morgan fingerprint density at radius 3 is 2.59 bits per heavy atom. The molecule has 112 valence electrons. The van der Waals surface area contributed by atoms with Gasteiger partial charge in [0.25, 0.3) is 0 Å². The van der Waals surface area contributed by atoms with Crippen LogP contribution in [0.4, 0.5) is 0 Å². The summed E-state index contributed by atoms with van der Waals surface area (Å²) in [6.45, 7) is 1.90. The van der Waals surface area contributed by atoms with Gasteiger partial charge in [-0.05, 0) is 36.9 Å². The Morgan fingerprint density at radius 2 is 2.00 bits per heavy atom. The number of hydrogen-bond donors (Lipinski definition) is 1. The third kappa shape index (κ3) is 2.50. The van der Waals surface area contributed by atoms with Crippen molar-refractivity contribution in [2.24, 2.45) is 9.98 Å². The van der Waals surface area contributed by atoms with E-state index in [2.05, 4.69) is 21.5 Å². The van der Waals surface area contributed by atoms with Gasteiger partial charge >= 0.3 is 0 Å². The zero-order chi connectivity index (χ0) is 15.9. The minimum absolute atomic E-state index is 0.405. The maximum Gasteiger partial charge on any atom is 0.184 e. The van der Waals surface area contributed by atoms with Crippen molar-refractivity contribution in [2.75, 3.05) is 6.26 Å². The highest BCUT2D eigenvalue weighted by Gasteiger charge is 2.41. The van der Waals surface area contributed by atoms with Gasteiger partial charge in [0.05, 0.1) is 6.20 Å². The summed E-state index contributed by atoms with van der Waals surface area (Å²) < 4.78 is 0. The predicted octanol–water partition coefficient (Wildman–Crippen LogP) is 3.52. The average molecular weight is 352 g/mol. The van der Waals surface area contributed by atoms with Crippen molar-refractivity contribution in [1.29, 1.82) is 5.26 Å². The van der Waals surface area contributed by atoms with E-state index in [1.54, 1.807) is 23.2 Å². The molecule has 5 nitrogen and oxygen atoms in total. The minimum Gasteiger partial charge on any atom is -0.237 e. The zero-order valence-corrected chi connectivity index (χ0v) is 14.1. The van der Waals surface area contributed by atoms with Crippen LogP contribution in [0.15, 0.2) is 40.0 Å². The summed E-state index contributed by atoms with van der Waals surface area (Å²) in [5.74, 6) is 0.542. The number of nitrogens with one attached hydrogen (secondary N) is 1. The molecule has 0 radical (unpaired) electrons. The lowest BCUT2D eigenvalue weighted by Crippen LogP contribution is -2.48. The van der Waals surface area contributed by atoms with Crippen molar-refractivity contribution in [3.8, 4) is 6.07 Å². The molecule has 1 atom stereocenters. The molecule has 0 aromatic heterocycles. The van der Waals surface area contributed by atoms with Crippen molar-refractivity contribution >= 4 is 46.0 Å². The highest BCUT2D eigenvalue weighted by atomic mass is 35.5. The highest BCUT2D eigenvalue weighted by molar-refractivity contribution is 8.13. The number of nitrogens with zero attached hydrogens (tertiary/aromatic N) is 4. The summed E-state index contributed by atoms with van der Waals surface area (Å²) in [7, 11) is 0. The number of nitriles is 1. The van der Waals surface area contributed by atoms with E-state index in [0.717, 1.165) is 10.7 Å². The molecule has 22 heavy (non-hydrogen) atoms. The van der Waals surface area contributed by atoms with Crippen LogP contribution in [0, 0.1) is 11.3 Å². The predicted molar refractivity (Wildman–Crippen MR) is 90.9 cm³/mol. The molecule has 0 amide bonds. The third-order valence-electron chi connectivity index (χ3n) is 3.33. The Hall–Kier alpha value is -1.52. The van der Waals surface area contributed by atoms with Gasteiger partial charge in [-0.25, -0.2) is 15.0 Å². The molecule has 0 fully saturated rings. The highest BCUT2D eigenvalue weighted by Crippen LogP contribution is 2.34. The van der Waals surface area contributed by atoms with Gasteiger partial charge in [0.1, 0.15) is 11.6 Å². The van der Waals surface area contributed by atoms with E-state index in [0.29, 0.717) is 21.5 Å². The summed E-state index contributed by atoms with van der Waals surface area (Å²) in [6.07, 6.45) is 3.44. The van der Waals surface area contributed by atoms with Gasteiger partial charge in [-0.1, -0.05) is 35.0 Å². The number of rotatable bonds is 1. The number of fused-ring (bicyclic) bond motifs is 1. The molecule has 0 unspecified atom stereocenters. The van der Waals surface area contributed by atoms with E-state index in [1.165, 1.54) is 18.0 Å². The van der Waals surface area contributed by atoms with E-state index in [4.69, 9.17) is 23.2 Å². The van der Waals surface area contributed by atoms with E-state index in [-0.39, 0.29) is 0 Å². The van der Waals surface area contributed by atoms with Crippen LogP contribution in [0.2, 0.25) is 10.0 Å². The van der Waals surface area contributed by atoms with Gasteiger partial charge in [-0.15, -0.1) is 0 Å². The number of hydrazine groups is 1. The van der Waals surface area contributed by atoms with E-state index >= 15 is 0 Å². The molecule has 2 aliphatic rings. The van der Waals surface area contributed by atoms with E-state index < -0.39 is 5.66 Å². The fourth-order valence-corrected chi connectivity index (χ4v) is 3.30. The Morgan fingerprint density at radius 1 is 1.32 bits per heavy atom. The quantitative estimate of drug-likeness (QED) is 0.840. The second kappa shape index (κ2) is 5.60. The zero-order valence-electron chi connectivity index (χ0n) is 11.8. The van der Waals surface area contributed by atoms with Gasteiger partial charge in [-0.2, -0.15) is 10.7 Å². The van der Waals surface area contributed by atoms with Crippen LogP contribution in [0.3, 0.4) is 0 Å². The molecular formula is C14H11Cl2N5S. The fraction of sp³-hybridized carbons (Fsp3) is 0.214. The summed E-state index contributed by atoms with van der Waals surface area (Å²) in [6, 6.07) is 7.38. The minimum atomic E-state index is -0.777. The van der Waals surface area contributed by atoms with Crippen LogP contribution in [-0.4, -0.2) is 22.3 Å². The van der Waals surface area contributed by atoms with Crippen LogP contribution in [0.25, 0.3) is 0 Å². The topological polar surface area (TPSA) is 63.8 Å². The molecule has 2 heterocycles. The molecule has 0 spiro atoms. The number of aliphatic imine (C=N–C) groups is 2. The summed E-state index contributed by atoms with van der Waals surface area (Å²) in [5, 5.41) is 12.8. The SMILES string of the molecule is CSC1=NC=C(C#N)C2=N[C@](C)(c3cc(Cl)cc(Cl)c3)NN12. The van der Waals surface area contributed by atoms with Gasteiger partial charge in [0, 0.05) is 10.0 Å². The average Bonchev–Trinajstić information content (AvgIpc) is 2.84. The Labute approximate surface area is 142 Å². The molecule has 0 bridgehead atoms. The van der Waals surface area contributed by atoms with E-state index in [9.17, 15) is 5.26 Å². The number of halogens is 2. The smallest absolute Gasteiger partial charge is 0.184 e. The van der Waals surface area contributed by atoms with Crippen molar-refractivity contribution in [2.45, 2.75) is 12.6 Å². The molecule has 0 saturated heterocycles. The molecular weight excluding hydrogens is 341 g/mol. The maximum absolute atomic E-state index is 9.25. The van der Waals surface area contributed by atoms with Gasteiger partial charge in [0.15, 0.2) is 16.7 Å². The number of hydrogen-bond acceptors (Lipinski definition) is 6. The largest absolute Gasteiger partial charge is 0.237 e. The summed E-state index contributed by atoms with van der Waals surface area (Å²) >= 11 is 13.6. The lowest BCUT2D eigenvalue weighted by atomic mass is 10.0. The van der Waals surface area contributed by atoms with Crippen LogP contribution < -0.4 is 5.43 Å². The van der Waals surface area contributed by atoms with Gasteiger partial charge < -0.3 is 0 Å². The molecule has 0 saturated carbocycles. The fourth-order valence-electron chi connectivity index (χ4n) is 2.30. The molecule has 1 N–H and O–H groups in total. The van der Waals surface area contributed by atoms with E-state index in [1.807, 2.05) is 13.2 Å². The Bertz CT molecular complexity index is 760. The van der Waals surface area contributed by atoms with Gasteiger partial charge in [0.2, 0.25) is 0 Å². The molecule has 1 aromatic carbocycles. The Kier molecular flexibility index (Phi) is 3.91.